The average molecular weight is 288 g/mol. The lowest BCUT2D eigenvalue weighted by atomic mass is 10.2. The third kappa shape index (κ3) is 2.53. The molecule has 2 aromatic heterocycles. The van der Waals surface area contributed by atoms with E-state index in [1.165, 1.54) is 6.07 Å². The molecule has 3 rings (SSSR count). The quantitative estimate of drug-likeness (QED) is 0.559. The summed E-state index contributed by atoms with van der Waals surface area (Å²) in [5.41, 5.74) is 1.98. The molecule has 0 fully saturated rings. The Labute approximate surface area is 118 Å². The Hall–Kier alpha value is -2.97. The van der Waals surface area contributed by atoms with Crippen molar-refractivity contribution in [3.05, 3.63) is 40.2 Å². The molecule has 0 aliphatic heterocycles. The standard InChI is InChI=1S/C12H12N6O3/c1-17-7-5-8(14-17)4-6-13-9-2-3-10(18(19)20)12-11(9)15-21-16-12/h2-3,5,7,13H,4,6H2,1H3. The summed E-state index contributed by atoms with van der Waals surface area (Å²) < 4.78 is 6.34. The van der Waals surface area contributed by atoms with Crippen molar-refractivity contribution in [3.63, 3.8) is 0 Å². The summed E-state index contributed by atoms with van der Waals surface area (Å²) in [7, 11) is 1.86. The zero-order valence-corrected chi connectivity index (χ0v) is 11.2. The number of fused-ring (bicyclic) bond motifs is 1. The second-order valence-corrected chi connectivity index (χ2v) is 4.51. The van der Waals surface area contributed by atoms with Crippen molar-refractivity contribution in [2.24, 2.45) is 7.05 Å². The Balaban J connectivity index is 1.77. The van der Waals surface area contributed by atoms with Crippen LogP contribution in [0, 0.1) is 10.1 Å². The first-order chi connectivity index (χ1) is 10.1. The van der Waals surface area contributed by atoms with Crippen molar-refractivity contribution in [1.29, 1.82) is 0 Å². The molecule has 2 heterocycles. The van der Waals surface area contributed by atoms with Gasteiger partial charge in [0.25, 0.3) is 0 Å². The number of hydrogen-bond acceptors (Lipinski definition) is 7. The van der Waals surface area contributed by atoms with E-state index in [9.17, 15) is 10.1 Å². The minimum Gasteiger partial charge on any atom is -0.383 e. The summed E-state index contributed by atoms with van der Waals surface area (Å²) >= 11 is 0. The van der Waals surface area contributed by atoms with E-state index < -0.39 is 4.92 Å². The van der Waals surface area contributed by atoms with E-state index in [4.69, 9.17) is 0 Å². The van der Waals surface area contributed by atoms with E-state index in [0.717, 1.165) is 12.1 Å². The summed E-state index contributed by atoms with van der Waals surface area (Å²) in [6, 6.07) is 4.92. The third-order valence-corrected chi connectivity index (χ3v) is 3.06. The number of hydrogen-bond donors (Lipinski definition) is 1. The highest BCUT2D eigenvalue weighted by molar-refractivity contribution is 5.93. The van der Waals surface area contributed by atoms with E-state index in [-0.39, 0.29) is 11.2 Å². The van der Waals surface area contributed by atoms with Gasteiger partial charge in [-0.2, -0.15) is 5.10 Å². The van der Waals surface area contributed by atoms with E-state index in [1.807, 2.05) is 19.3 Å². The minimum absolute atomic E-state index is 0.124. The molecular formula is C12H12N6O3. The number of nitro groups is 1. The van der Waals surface area contributed by atoms with Gasteiger partial charge in [-0.3, -0.25) is 14.8 Å². The van der Waals surface area contributed by atoms with Crippen molar-refractivity contribution in [1.82, 2.24) is 20.1 Å². The van der Waals surface area contributed by atoms with Crippen LogP contribution < -0.4 is 5.32 Å². The maximum atomic E-state index is 10.9. The van der Waals surface area contributed by atoms with Crippen molar-refractivity contribution in [2.45, 2.75) is 6.42 Å². The van der Waals surface area contributed by atoms with Crippen LogP contribution in [0.5, 0.6) is 0 Å². The van der Waals surface area contributed by atoms with E-state index in [1.54, 1.807) is 10.7 Å². The van der Waals surface area contributed by atoms with Crippen LogP contribution in [0.3, 0.4) is 0 Å². The summed E-state index contributed by atoms with van der Waals surface area (Å²) in [5.74, 6) is 0. The molecule has 0 bridgehead atoms. The highest BCUT2D eigenvalue weighted by Gasteiger charge is 2.19. The number of aryl methyl sites for hydroxylation is 1. The summed E-state index contributed by atoms with van der Waals surface area (Å²) in [6.07, 6.45) is 2.60. The molecule has 0 aliphatic rings. The topological polar surface area (TPSA) is 112 Å². The van der Waals surface area contributed by atoms with Crippen LogP contribution in [-0.2, 0) is 13.5 Å². The van der Waals surface area contributed by atoms with Crippen molar-refractivity contribution in [2.75, 3.05) is 11.9 Å². The summed E-state index contributed by atoms with van der Waals surface area (Å²) in [4.78, 5) is 10.4. The summed E-state index contributed by atoms with van der Waals surface area (Å²) in [5, 5.41) is 25.6. The van der Waals surface area contributed by atoms with E-state index in [0.29, 0.717) is 17.7 Å². The predicted octanol–water partition coefficient (Wildman–Crippen LogP) is 1.52. The van der Waals surface area contributed by atoms with Gasteiger partial charge in [0, 0.05) is 32.3 Å². The van der Waals surface area contributed by atoms with Gasteiger partial charge in [0.1, 0.15) is 0 Å². The monoisotopic (exact) mass is 288 g/mol. The lowest BCUT2D eigenvalue weighted by Crippen LogP contribution is -2.06. The first kappa shape index (κ1) is 13.0. The smallest absolute Gasteiger partial charge is 0.300 e. The fourth-order valence-corrected chi connectivity index (χ4v) is 2.07. The Morgan fingerprint density at radius 3 is 2.86 bits per heavy atom. The number of benzene rings is 1. The van der Waals surface area contributed by atoms with Gasteiger partial charge in [-0.25, -0.2) is 4.63 Å². The molecule has 0 saturated heterocycles. The molecule has 108 valence electrons. The Bertz CT molecular complexity index is 793. The van der Waals surface area contributed by atoms with Crippen LogP contribution in [0.1, 0.15) is 5.69 Å². The first-order valence-corrected chi connectivity index (χ1v) is 6.27. The molecule has 9 nitrogen and oxygen atoms in total. The molecule has 0 atom stereocenters. The van der Waals surface area contributed by atoms with Crippen molar-refractivity contribution >= 4 is 22.4 Å². The fraction of sp³-hybridized carbons (Fsp3) is 0.250. The molecule has 0 spiro atoms. The van der Waals surface area contributed by atoms with E-state index >= 15 is 0 Å². The zero-order valence-electron chi connectivity index (χ0n) is 11.2. The second-order valence-electron chi connectivity index (χ2n) is 4.51. The number of anilines is 1. The minimum atomic E-state index is -0.510. The number of aromatic nitrogens is 4. The molecule has 0 radical (unpaired) electrons. The zero-order chi connectivity index (χ0) is 14.8. The van der Waals surface area contributed by atoms with Gasteiger partial charge in [-0.05, 0) is 22.4 Å². The molecule has 0 saturated carbocycles. The molecule has 1 aromatic carbocycles. The molecule has 0 unspecified atom stereocenters. The maximum Gasteiger partial charge on any atom is 0.300 e. The lowest BCUT2D eigenvalue weighted by Gasteiger charge is -2.05. The first-order valence-electron chi connectivity index (χ1n) is 6.27. The van der Waals surface area contributed by atoms with Gasteiger partial charge in [-0.1, -0.05) is 0 Å². The third-order valence-electron chi connectivity index (χ3n) is 3.06. The number of non-ortho nitro benzene ring substituents is 1. The van der Waals surface area contributed by atoms with Crippen LogP contribution in [0.25, 0.3) is 11.0 Å². The van der Waals surface area contributed by atoms with Gasteiger partial charge in [0.05, 0.1) is 16.3 Å². The molecule has 1 N–H and O–H groups in total. The Morgan fingerprint density at radius 2 is 2.14 bits per heavy atom. The van der Waals surface area contributed by atoms with Crippen LogP contribution in [0.15, 0.2) is 29.0 Å². The van der Waals surface area contributed by atoms with Gasteiger partial charge in [-0.15, -0.1) is 0 Å². The predicted molar refractivity (Wildman–Crippen MR) is 73.9 cm³/mol. The number of nitrogens with zero attached hydrogens (tertiary/aromatic N) is 5. The summed E-state index contributed by atoms with van der Waals surface area (Å²) in [6.45, 7) is 0.622. The van der Waals surface area contributed by atoms with Crippen molar-refractivity contribution < 1.29 is 9.55 Å². The van der Waals surface area contributed by atoms with Crippen LogP contribution in [-0.4, -0.2) is 31.6 Å². The van der Waals surface area contributed by atoms with Crippen molar-refractivity contribution in [3.8, 4) is 0 Å². The fourth-order valence-electron chi connectivity index (χ4n) is 2.07. The number of rotatable bonds is 5. The average Bonchev–Trinajstić information content (AvgIpc) is 3.07. The van der Waals surface area contributed by atoms with Crippen LogP contribution >= 0.6 is 0 Å². The normalized spacial score (nSPS) is 10.9. The molecule has 0 aliphatic carbocycles. The Kier molecular flexibility index (Phi) is 3.22. The number of nitro benzene ring substituents is 1. The SMILES string of the molecule is Cn1ccc(CCNc2ccc([N+](=O)[O-])c3nonc23)n1. The van der Waals surface area contributed by atoms with Crippen LogP contribution in [0.4, 0.5) is 11.4 Å². The van der Waals surface area contributed by atoms with Gasteiger partial charge in [0.2, 0.25) is 5.52 Å². The molecule has 21 heavy (non-hydrogen) atoms. The van der Waals surface area contributed by atoms with Crippen LogP contribution in [0.2, 0.25) is 0 Å². The van der Waals surface area contributed by atoms with Gasteiger partial charge < -0.3 is 5.32 Å². The second kappa shape index (κ2) is 5.19. The molecule has 3 aromatic rings. The highest BCUT2D eigenvalue weighted by Crippen LogP contribution is 2.28. The Morgan fingerprint density at radius 1 is 1.33 bits per heavy atom. The lowest BCUT2D eigenvalue weighted by molar-refractivity contribution is -0.383. The maximum absolute atomic E-state index is 10.9. The van der Waals surface area contributed by atoms with Gasteiger partial charge >= 0.3 is 5.69 Å². The highest BCUT2D eigenvalue weighted by atomic mass is 16.6. The number of nitrogens with one attached hydrogen (secondary N) is 1. The molecular weight excluding hydrogens is 276 g/mol. The molecule has 0 amide bonds. The van der Waals surface area contributed by atoms with E-state index in [2.05, 4.69) is 25.4 Å². The van der Waals surface area contributed by atoms with Gasteiger partial charge in [0.15, 0.2) is 5.52 Å². The molecule has 9 heteroatoms. The largest absolute Gasteiger partial charge is 0.383 e.